The Kier molecular flexibility index (Phi) is 4.90. The quantitative estimate of drug-likeness (QED) is 0.877. The molecule has 23 heavy (non-hydrogen) atoms. The van der Waals surface area contributed by atoms with Gasteiger partial charge in [-0.25, -0.2) is 5.01 Å². The highest BCUT2D eigenvalue weighted by Crippen LogP contribution is 2.35. The molecule has 3 rings (SSSR count). The predicted octanol–water partition coefficient (Wildman–Crippen LogP) is 1.94. The molecule has 2 aromatic heterocycles. The third-order valence-electron chi connectivity index (χ3n) is 3.73. The van der Waals surface area contributed by atoms with Crippen molar-refractivity contribution in [3.05, 3.63) is 46.5 Å². The monoisotopic (exact) mass is 333 g/mol. The molecular formula is C16H19N3O3S. The molecule has 1 aliphatic heterocycles. The van der Waals surface area contributed by atoms with E-state index in [9.17, 15) is 4.79 Å². The SMILES string of the molecule is CN(CCO)CC(=O)N1N=C(c2ccco2)CC1c1cccs1. The minimum Gasteiger partial charge on any atom is -0.463 e. The maximum absolute atomic E-state index is 12.6. The highest BCUT2D eigenvalue weighted by Gasteiger charge is 2.34. The number of carbonyl (C=O) groups excluding carboxylic acids is 1. The van der Waals surface area contributed by atoms with Crippen LogP contribution in [0.15, 0.2) is 45.4 Å². The molecule has 122 valence electrons. The highest BCUT2D eigenvalue weighted by atomic mass is 32.1. The third-order valence-corrected chi connectivity index (χ3v) is 4.70. The van der Waals surface area contributed by atoms with Gasteiger partial charge >= 0.3 is 0 Å². The average molecular weight is 333 g/mol. The van der Waals surface area contributed by atoms with Crippen LogP contribution in [0.5, 0.6) is 0 Å². The van der Waals surface area contributed by atoms with Gasteiger partial charge in [-0.3, -0.25) is 9.69 Å². The van der Waals surface area contributed by atoms with Crippen molar-refractivity contribution in [3.8, 4) is 0 Å². The van der Waals surface area contributed by atoms with E-state index in [1.807, 2.05) is 36.7 Å². The number of aliphatic hydroxyl groups excluding tert-OH is 1. The van der Waals surface area contributed by atoms with E-state index in [0.29, 0.717) is 18.7 Å². The van der Waals surface area contributed by atoms with E-state index in [2.05, 4.69) is 5.10 Å². The minimum absolute atomic E-state index is 0.0268. The molecule has 6 nitrogen and oxygen atoms in total. The number of nitrogens with zero attached hydrogens (tertiary/aromatic N) is 3. The molecule has 0 saturated heterocycles. The Morgan fingerprint density at radius 3 is 3.04 bits per heavy atom. The number of carbonyl (C=O) groups is 1. The Balaban J connectivity index is 1.81. The van der Waals surface area contributed by atoms with Gasteiger partial charge in [0, 0.05) is 17.8 Å². The van der Waals surface area contributed by atoms with E-state index in [1.54, 1.807) is 27.5 Å². The summed E-state index contributed by atoms with van der Waals surface area (Å²) in [6.07, 6.45) is 2.25. The lowest BCUT2D eigenvalue weighted by atomic mass is 10.1. The summed E-state index contributed by atoms with van der Waals surface area (Å²) in [4.78, 5) is 15.5. The molecule has 1 unspecified atom stereocenters. The van der Waals surface area contributed by atoms with Crippen LogP contribution in [0.25, 0.3) is 0 Å². The van der Waals surface area contributed by atoms with Crippen molar-refractivity contribution in [1.82, 2.24) is 9.91 Å². The minimum atomic E-state index is -0.0925. The topological polar surface area (TPSA) is 69.3 Å². The molecule has 1 atom stereocenters. The van der Waals surface area contributed by atoms with Crippen molar-refractivity contribution < 1.29 is 14.3 Å². The number of rotatable bonds is 6. The first-order chi connectivity index (χ1) is 11.2. The molecule has 0 aliphatic carbocycles. The number of thiophene rings is 1. The number of aliphatic hydroxyl groups is 1. The lowest BCUT2D eigenvalue weighted by Gasteiger charge is -2.23. The van der Waals surface area contributed by atoms with Crippen molar-refractivity contribution in [3.63, 3.8) is 0 Å². The lowest BCUT2D eigenvalue weighted by molar-refractivity contribution is -0.133. The van der Waals surface area contributed by atoms with E-state index >= 15 is 0 Å². The fourth-order valence-corrected chi connectivity index (χ4v) is 3.40. The van der Waals surface area contributed by atoms with Crippen molar-refractivity contribution in [2.75, 3.05) is 26.7 Å². The van der Waals surface area contributed by atoms with Crippen LogP contribution < -0.4 is 0 Å². The molecule has 7 heteroatoms. The normalized spacial score (nSPS) is 17.8. The summed E-state index contributed by atoms with van der Waals surface area (Å²) in [5, 5.41) is 17.0. The molecule has 2 aromatic rings. The van der Waals surface area contributed by atoms with Crippen molar-refractivity contribution in [2.45, 2.75) is 12.5 Å². The van der Waals surface area contributed by atoms with E-state index in [1.165, 1.54) is 0 Å². The molecule has 0 fully saturated rings. The second kappa shape index (κ2) is 7.08. The number of hydrazone groups is 1. The standard InChI is InChI=1S/C16H19N3O3S/c1-18(6-7-20)11-16(21)19-13(15-5-3-9-23-15)10-12(17-19)14-4-2-8-22-14/h2-5,8-9,13,20H,6-7,10-11H2,1H3. The van der Waals surface area contributed by atoms with Crippen molar-refractivity contribution >= 4 is 23.0 Å². The van der Waals surface area contributed by atoms with Gasteiger partial charge in [-0.05, 0) is 30.6 Å². The maximum atomic E-state index is 12.6. The first kappa shape index (κ1) is 15.9. The van der Waals surface area contributed by atoms with Gasteiger partial charge in [0.2, 0.25) is 0 Å². The Morgan fingerprint density at radius 1 is 1.52 bits per heavy atom. The molecule has 0 spiro atoms. The smallest absolute Gasteiger partial charge is 0.257 e. The number of amides is 1. The summed E-state index contributed by atoms with van der Waals surface area (Å²) in [6, 6.07) is 7.58. The first-order valence-electron chi connectivity index (χ1n) is 7.45. The Hall–Kier alpha value is -1.96. The Morgan fingerprint density at radius 2 is 2.39 bits per heavy atom. The fourth-order valence-electron chi connectivity index (χ4n) is 2.59. The molecule has 0 saturated carbocycles. The van der Waals surface area contributed by atoms with Crippen LogP contribution in [0.4, 0.5) is 0 Å². The zero-order valence-electron chi connectivity index (χ0n) is 12.9. The van der Waals surface area contributed by atoms with Crippen LogP contribution in [0.2, 0.25) is 0 Å². The molecule has 1 amide bonds. The Bertz CT molecular complexity index is 667. The molecule has 1 N–H and O–H groups in total. The zero-order chi connectivity index (χ0) is 16.2. The van der Waals surface area contributed by atoms with Gasteiger partial charge < -0.3 is 9.52 Å². The van der Waals surface area contributed by atoms with Gasteiger partial charge in [-0.15, -0.1) is 11.3 Å². The average Bonchev–Trinajstić information content (AvgIpc) is 3.27. The fraction of sp³-hybridized carbons (Fsp3) is 0.375. The summed E-state index contributed by atoms with van der Waals surface area (Å²) in [7, 11) is 1.81. The zero-order valence-corrected chi connectivity index (χ0v) is 13.7. The predicted molar refractivity (Wildman–Crippen MR) is 88.4 cm³/mol. The number of likely N-dealkylation sites (N-methyl/N-ethyl adjacent to an activating group) is 1. The van der Waals surface area contributed by atoms with Gasteiger partial charge in [0.15, 0.2) is 0 Å². The van der Waals surface area contributed by atoms with E-state index in [-0.39, 0.29) is 25.1 Å². The molecule has 1 aliphatic rings. The van der Waals surface area contributed by atoms with Gasteiger partial charge in [-0.2, -0.15) is 5.10 Å². The molecule has 0 radical (unpaired) electrons. The molecular weight excluding hydrogens is 314 g/mol. The number of hydrogen-bond acceptors (Lipinski definition) is 6. The first-order valence-corrected chi connectivity index (χ1v) is 8.33. The third kappa shape index (κ3) is 3.52. The van der Waals surface area contributed by atoms with Crippen molar-refractivity contribution in [1.29, 1.82) is 0 Å². The highest BCUT2D eigenvalue weighted by molar-refractivity contribution is 7.10. The van der Waals surface area contributed by atoms with Gasteiger partial charge in [0.05, 0.1) is 25.5 Å². The van der Waals surface area contributed by atoms with Gasteiger partial charge in [0.25, 0.3) is 5.91 Å². The van der Waals surface area contributed by atoms with Crippen LogP contribution in [-0.4, -0.2) is 53.4 Å². The molecule has 0 bridgehead atoms. The lowest BCUT2D eigenvalue weighted by Crippen LogP contribution is -2.37. The van der Waals surface area contributed by atoms with Crippen molar-refractivity contribution in [2.24, 2.45) is 5.10 Å². The maximum Gasteiger partial charge on any atom is 0.257 e. The van der Waals surface area contributed by atoms with E-state index in [4.69, 9.17) is 9.52 Å². The number of hydrogen-bond donors (Lipinski definition) is 1. The summed E-state index contributed by atoms with van der Waals surface area (Å²) in [5.74, 6) is 0.617. The summed E-state index contributed by atoms with van der Waals surface area (Å²) in [5.41, 5.74) is 0.784. The van der Waals surface area contributed by atoms with Crippen LogP contribution in [0.3, 0.4) is 0 Å². The second-order valence-corrected chi connectivity index (χ2v) is 6.44. The van der Waals surface area contributed by atoms with E-state index in [0.717, 1.165) is 10.6 Å². The molecule has 3 heterocycles. The Labute approximate surface area is 138 Å². The van der Waals surface area contributed by atoms with Gasteiger partial charge in [-0.1, -0.05) is 6.07 Å². The van der Waals surface area contributed by atoms with Crippen LogP contribution in [0.1, 0.15) is 23.1 Å². The largest absolute Gasteiger partial charge is 0.463 e. The summed E-state index contributed by atoms with van der Waals surface area (Å²) < 4.78 is 5.42. The summed E-state index contributed by atoms with van der Waals surface area (Å²) in [6.45, 7) is 0.703. The summed E-state index contributed by atoms with van der Waals surface area (Å²) >= 11 is 1.62. The van der Waals surface area contributed by atoms with Gasteiger partial charge in [0.1, 0.15) is 11.5 Å². The van der Waals surface area contributed by atoms with E-state index < -0.39 is 0 Å². The van der Waals surface area contributed by atoms with Crippen LogP contribution in [-0.2, 0) is 4.79 Å². The number of furan rings is 1. The van der Waals surface area contributed by atoms with Crippen LogP contribution >= 0.6 is 11.3 Å². The molecule has 0 aromatic carbocycles. The van der Waals surface area contributed by atoms with Crippen LogP contribution in [0, 0.1) is 0 Å². The second-order valence-electron chi connectivity index (χ2n) is 5.46.